The molecular formula is C21H17N5O3. The molecule has 3 aromatic rings. The Morgan fingerprint density at radius 1 is 1.10 bits per heavy atom. The summed E-state index contributed by atoms with van der Waals surface area (Å²) in [5, 5.41) is 15.2. The average molecular weight is 387 g/mol. The van der Waals surface area contributed by atoms with Gasteiger partial charge in [-0.05, 0) is 29.8 Å². The lowest BCUT2D eigenvalue weighted by Gasteiger charge is -2.28. The van der Waals surface area contributed by atoms with Crippen molar-refractivity contribution in [3.05, 3.63) is 76.1 Å². The normalized spacial score (nSPS) is 17.6. The monoisotopic (exact) mass is 387 g/mol. The van der Waals surface area contributed by atoms with E-state index in [0.717, 1.165) is 5.69 Å². The van der Waals surface area contributed by atoms with Crippen LogP contribution in [-0.4, -0.2) is 23.0 Å². The zero-order chi connectivity index (χ0) is 20.4. The third-order valence-electron chi connectivity index (χ3n) is 4.77. The lowest BCUT2D eigenvalue weighted by molar-refractivity contribution is -0.119. The number of hydrogen-bond acceptors (Lipinski definition) is 6. The van der Waals surface area contributed by atoms with E-state index >= 15 is 0 Å². The van der Waals surface area contributed by atoms with Crippen LogP contribution in [-0.2, 0) is 4.79 Å². The van der Waals surface area contributed by atoms with E-state index in [0.29, 0.717) is 11.3 Å². The number of nitrogens with zero attached hydrogens (tertiary/aromatic N) is 2. The highest BCUT2D eigenvalue weighted by atomic mass is 16.5. The van der Waals surface area contributed by atoms with Crippen molar-refractivity contribution in [3.8, 4) is 11.8 Å². The molecule has 0 saturated carbocycles. The van der Waals surface area contributed by atoms with E-state index in [1.807, 2.05) is 36.4 Å². The van der Waals surface area contributed by atoms with Gasteiger partial charge in [0.2, 0.25) is 11.9 Å². The number of benzene rings is 2. The van der Waals surface area contributed by atoms with Crippen LogP contribution in [0.3, 0.4) is 0 Å². The maximum Gasteiger partial charge on any atom is 0.258 e. The van der Waals surface area contributed by atoms with Gasteiger partial charge in [-0.15, -0.1) is 0 Å². The summed E-state index contributed by atoms with van der Waals surface area (Å²) < 4.78 is 5.16. The van der Waals surface area contributed by atoms with Gasteiger partial charge >= 0.3 is 0 Å². The van der Waals surface area contributed by atoms with Crippen LogP contribution in [0.4, 0.5) is 17.5 Å². The lowest BCUT2D eigenvalue weighted by atomic mass is 9.79. The van der Waals surface area contributed by atoms with E-state index in [1.54, 1.807) is 31.4 Å². The standard InChI is InChI=1S/C21H17N5O3/c1-29-14-9-7-12(8-10-14)16-15(11-22)19(27)24-18-17(16)20(28)26-21(25-18)23-13-5-3-2-4-6-13/h2-10,15-16H,1H3,(H3,23,24,25,26,27,28). The molecule has 144 valence electrons. The minimum Gasteiger partial charge on any atom is -0.497 e. The van der Waals surface area contributed by atoms with Crippen LogP contribution >= 0.6 is 0 Å². The van der Waals surface area contributed by atoms with E-state index in [2.05, 4.69) is 20.6 Å². The molecule has 1 aliphatic rings. The molecule has 0 aliphatic carbocycles. The predicted octanol–water partition coefficient (Wildman–Crippen LogP) is 2.75. The summed E-state index contributed by atoms with van der Waals surface area (Å²) in [6.45, 7) is 0. The minimum atomic E-state index is -1.05. The number of anilines is 3. The van der Waals surface area contributed by atoms with Crippen molar-refractivity contribution < 1.29 is 9.53 Å². The molecule has 0 saturated heterocycles. The zero-order valence-corrected chi connectivity index (χ0v) is 15.5. The quantitative estimate of drug-likeness (QED) is 0.633. The highest BCUT2D eigenvalue weighted by Gasteiger charge is 2.40. The number of aromatic nitrogens is 2. The minimum absolute atomic E-state index is 0.143. The summed E-state index contributed by atoms with van der Waals surface area (Å²) in [6.07, 6.45) is 0. The van der Waals surface area contributed by atoms with E-state index in [9.17, 15) is 14.9 Å². The molecule has 1 aromatic heterocycles. The Morgan fingerprint density at radius 3 is 2.48 bits per heavy atom. The summed E-state index contributed by atoms with van der Waals surface area (Å²) in [5.74, 6) is -1.31. The SMILES string of the molecule is COc1ccc(C2c3c(nc(Nc4ccccc4)[nH]c3=O)NC(=O)C2C#N)cc1. The van der Waals surface area contributed by atoms with Gasteiger partial charge < -0.3 is 15.4 Å². The van der Waals surface area contributed by atoms with E-state index in [-0.39, 0.29) is 17.3 Å². The molecule has 0 fully saturated rings. The topological polar surface area (TPSA) is 120 Å². The van der Waals surface area contributed by atoms with Crippen LogP contribution in [0.5, 0.6) is 5.75 Å². The summed E-state index contributed by atoms with van der Waals surface area (Å²) in [5.41, 5.74) is 1.22. The first kappa shape index (κ1) is 18.3. The Labute approximate surface area is 166 Å². The van der Waals surface area contributed by atoms with Crippen LogP contribution in [0.15, 0.2) is 59.4 Å². The highest BCUT2D eigenvalue weighted by molar-refractivity contribution is 5.98. The summed E-state index contributed by atoms with van der Waals surface area (Å²) in [7, 11) is 1.55. The van der Waals surface area contributed by atoms with E-state index < -0.39 is 23.3 Å². The van der Waals surface area contributed by atoms with Gasteiger partial charge in [0.1, 0.15) is 17.5 Å². The second-order valence-electron chi connectivity index (χ2n) is 6.51. The van der Waals surface area contributed by atoms with Crippen molar-refractivity contribution in [1.82, 2.24) is 9.97 Å². The highest BCUT2D eigenvalue weighted by Crippen LogP contribution is 2.38. The molecule has 1 aliphatic heterocycles. The van der Waals surface area contributed by atoms with Gasteiger partial charge in [0.05, 0.1) is 18.7 Å². The third kappa shape index (κ3) is 3.41. The van der Waals surface area contributed by atoms with Crippen molar-refractivity contribution in [2.75, 3.05) is 17.7 Å². The molecular weight excluding hydrogens is 370 g/mol. The molecule has 2 unspecified atom stereocenters. The average Bonchev–Trinajstić information content (AvgIpc) is 2.73. The zero-order valence-electron chi connectivity index (χ0n) is 15.5. The molecule has 4 rings (SSSR count). The maximum atomic E-state index is 12.9. The van der Waals surface area contributed by atoms with Crippen LogP contribution < -0.4 is 20.9 Å². The molecule has 3 N–H and O–H groups in total. The van der Waals surface area contributed by atoms with Gasteiger partial charge in [-0.3, -0.25) is 14.6 Å². The number of carbonyl (C=O) groups is 1. The number of nitrogens with one attached hydrogen (secondary N) is 3. The maximum absolute atomic E-state index is 12.9. The van der Waals surface area contributed by atoms with Gasteiger partial charge in [0.15, 0.2) is 0 Å². The fourth-order valence-electron chi connectivity index (χ4n) is 3.40. The molecule has 29 heavy (non-hydrogen) atoms. The molecule has 0 spiro atoms. The Kier molecular flexibility index (Phi) is 4.71. The summed E-state index contributed by atoms with van der Waals surface area (Å²) in [4.78, 5) is 32.5. The van der Waals surface area contributed by atoms with Crippen LogP contribution in [0.2, 0.25) is 0 Å². The van der Waals surface area contributed by atoms with E-state index in [4.69, 9.17) is 4.74 Å². The molecule has 0 bridgehead atoms. The molecule has 8 heteroatoms. The fourth-order valence-corrected chi connectivity index (χ4v) is 3.40. The van der Waals surface area contributed by atoms with Gasteiger partial charge in [0.25, 0.3) is 5.56 Å². The van der Waals surface area contributed by atoms with Crippen molar-refractivity contribution in [1.29, 1.82) is 5.26 Å². The number of amides is 1. The number of rotatable bonds is 4. The van der Waals surface area contributed by atoms with Gasteiger partial charge in [-0.25, -0.2) is 0 Å². The Morgan fingerprint density at radius 2 is 1.83 bits per heavy atom. The number of methoxy groups -OCH3 is 1. The first-order valence-electron chi connectivity index (χ1n) is 8.91. The van der Waals surface area contributed by atoms with Crippen molar-refractivity contribution in [3.63, 3.8) is 0 Å². The predicted molar refractivity (Wildman–Crippen MR) is 107 cm³/mol. The first-order chi connectivity index (χ1) is 14.1. The Hall–Kier alpha value is -4.12. The van der Waals surface area contributed by atoms with Gasteiger partial charge in [-0.1, -0.05) is 30.3 Å². The number of carbonyl (C=O) groups excluding carboxylic acids is 1. The number of nitriles is 1. The Balaban J connectivity index is 1.80. The summed E-state index contributed by atoms with van der Waals surface area (Å²) in [6, 6.07) is 18.2. The molecule has 1 amide bonds. The van der Waals surface area contributed by atoms with Crippen LogP contribution in [0.25, 0.3) is 0 Å². The van der Waals surface area contributed by atoms with Crippen LogP contribution in [0.1, 0.15) is 17.0 Å². The first-order valence-corrected chi connectivity index (χ1v) is 8.91. The third-order valence-corrected chi connectivity index (χ3v) is 4.77. The smallest absolute Gasteiger partial charge is 0.258 e. The molecule has 8 nitrogen and oxygen atoms in total. The largest absolute Gasteiger partial charge is 0.497 e. The van der Waals surface area contributed by atoms with Gasteiger partial charge in [0, 0.05) is 11.6 Å². The lowest BCUT2D eigenvalue weighted by Crippen LogP contribution is -2.38. The Bertz CT molecular complexity index is 1150. The number of hydrogen-bond donors (Lipinski definition) is 3. The van der Waals surface area contributed by atoms with Crippen molar-refractivity contribution in [2.45, 2.75) is 5.92 Å². The van der Waals surface area contributed by atoms with Crippen molar-refractivity contribution >= 4 is 23.4 Å². The molecule has 0 radical (unpaired) electrons. The van der Waals surface area contributed by atoms with Gasteiger partial charge in [-0.2, -0.15) is 10.2 Å². The number of ether oxygens (including phenoxy) is 1. The second-order valence-corrected chi connectivity index (χ2v) is 6.51. The number of aromatic amines is 1. The van der Waals surface area contributed by atoms with Crippen molar-refractivity contribution in [2.24, 2.45) is 5.92 Å². The number of para-hydroxylation sites is 1. The molecule has 2 atom stereocenters. The molecule has 2 heterocycles. The summed E-state index contributed by atoms with van der Waals surface area (Å²) >= 11 is 0. The van der Waals surface area contributed by atoms with E-state index in [1.165, 1.54) is 0 Å². The number of H-pyrrole nitrogens is 1. The van der Waals surface area contributed by atoms with Crippen LogP contribution in [0, 0.1) is 17.2 Å². The fraction of sp³-hybridized carbons (Fsp3) is 0.143. The molecule has 2 aromatic carbocycles. The number of fused-ring (bicyclic) bond motifs is 1. The second kappa shape index (κ2) is 7.48.